The van der Waals surface area contributed by atoms with Gasteiger partial charge in [0, 0.05) is 32.6 Å². The largest absolute Gasteiger partial charge is 0.356 e. The highest BCUT2D eigenvalue weighted by molar-refractivity contribution is 7.07. The molecule has 1 heterocycles. The maximum atomic E-state index is 11.6. The third kappa shape index (κ3) is 6.56. The molecule has 5 nitrogen and oxygen atoms in total. The van der Waals surface area contributed by atoms with Crippen LogP contribution in [0.25, 0.3) is 0 Å². The van der Waals surface area contributed by atoms with Crippen LogP contribution in [0, 0.1) is 0 Å². The molecule has 6 heteroatoms. The molecule has 3 N–H and O–H groups in total. The van der Waals surface area contributed by atoms with Gasteiger partial charge in [-0.15, -0.1) is 0 Å². The first-order valence-corrected chi connectivity index (χ1v) is 7.85. The molecule has 1 aromatic rings. The summed E-state index contributed by atoms with van der Waals surface area (Å²) in [5.74, 6) is 0.785. The molecular weight excluding hydrogens is 272 g/mol. The lowest BCUT2D eigenvalue weighted by Gasteiger charge is -2.13. The van der Waals surface area contributed by atoms with Gasteiger partial charge in [-0.05, 0) is 35.7 Å². The molecule has 1 aromatic heterocycles. The predicted molar refractivity (Wildman–Crippen MR) is 85.0 cm³/mol. The molecule has 0 aliphatic rings. The second-order valence-electron chi connectivity index (χ2n) is 4.61. The van der Waals surface area contributed by atoms with Crippen molar-refractivity contribution in [3.63, 3.8) is 0 Å². The zero-order valence-electron chi connectivity index (χ0n) is 12.4. The number of rotatable bonds is 7. The summed E-state index contributed by atoms with van der Waals surface area (Å²) in [6.07, 6.45) is 1.40. The van der Waals surface area contributed by atoms with Crippen molar-refractivity contribution < 1.29 is 4.79 Å². The van der Waals surface area contributed by atoms with Gasteiger partial charge in [0.1, 0.15) is 0 Å². The molecule has 1 atom stereocenters. The lowest BCUT2D eigenvalue weighted by molar-refractivity contribution is -0.121. The Morgan fingerprint density at radius 2 is 2.25 bits per heavy atom. The third-order valence-corrected chi connectivity index (χ3v) is 3.66. The fourth-order valence-electron chi connectivity index (χ4n) is 1.54. The van der Waals surface area contributed by atoms with Crippen molar-refractivity contribution in [3.8, 4) is 0 Å². The zero-order valence-corrected chi connectivity index (χ0v) is 13.2. The van der Waals surface area contributed by atoms with E-state index in [-0.39, 0.29) is 11.9 Å². The molecule has 0 spiro atoms. The zero-order chi connectivity index (χ0) is 14.8. The molecule has 0 radical (unpaired) electrons. The lowest BCUT2D eigenvalue weighted by atomic mass is 10.2. The maximum absolute atomic E-state index is 11.6. The van der Waals surface area contributed by atoms with Crippen LogP contribution >= 0.6 is 11.3 Å². The van der Waals surface area contributed by atoms with E-state index in [1.165, 1.54) is 5.56 Å². The normalized spacial score (nSPS) is 12.8. The second kappa shape index (κ2) is 9.36. The number of nitrogens with one attached hydrogen (secondary N) is 3. The van der Waals surface area contributed by atoms with E-state index in [1.54, 1.807) is 18.4 Å². The van der Waals surface area contributed by atoms with Gasteiger partial charge < -0.3 is 16.0 Å². The molecule has 1 rings (SSSR count). The monoisotopic (exact) mass is 296 g/mol. The topological polar surface area (TPSA) is 65.5 Å². The number of thiophene rings is 1. The average molecular weight is 296 g/mol. The molecule has 20 heavy (non-hydrogen) atoms. The molecule has 0 aliphatic carbocycles. The molecule has 0 saturated carbocycles. The van der Waals surface area contributed by atoms with Crippen molar-refractivity contribution in [3.05, 3.63) is 22.4 Å². The summed E-state index contributed by atoms with van der Waals surface area (Å²) in [5, 5.41) is 13.4. The van der Waals surface area contributed by atoms with Crippen LogP contribution in [0.4, 0.5) is 0 Å². The highest BCUT2D eigenvalue weighted by Gasteiger charge is 2.05. The summed E-state index contributed by atoms with van der Waals surface area (Å²) < 4.78 is 0. The molecule has 0 fully saturated rings. The lowest BCUT2D eigenvalue weighted by Crippen LogP contribution is -2.40. The molecule has 1 amide bonds. The minimum Gasteiger partial charge on any atom is -0.356 e. The Morgan fingerprint density at radius 3 is 2.85 bits per heavy atom. The van der Waals surface area contributed by atoms with E-state index >= 15 is 0 Å². The Morgan fingerprint density at radius 1 is 1.45 bits per heavy atom. The molecule has 0 bridgehead atoms. The van der Waals surface area contributed by atoms with Crippen molar-refractivity contribution in [1.29, 1.82) is 0 Å². The summed E-state index contributed by atoms with van der Waals surface area (Å²) in [5.41, 5.74) is 1.23. The van der Waals surface area contributed by atoms with Crippen molar-refractivity contribution in [1.82, 2.24) is 16.0 Å². The van der Waals surface area contributed by atoms with Crippen LogP contribution in [0.5, 0.6) is 0 Å². The number of carbonyl (C=O) groups is 1. The second-order valence-corrected chi connectivity index (χ2v) is 5.39. The summed E-state index contributed by atoms with van der Waals surface area (Å²) in [7, 11) is 1.72. The first-order chi connectivity index (χ1) is 9.65. The van der Waals surface area contributed by atoms with E-state index in [0.717, 1.165) is 13.0 Å². The van der Waals surface area contributed by atoms with Crippen LogP contribution in [0.2, 0.25) is 0 Å². The van der Waals surface area contributed by atoms with Crippen LogP contribution in [-0.4, -0.2) is 31.5 Å². The fourth-order valence-corrected chi connectivity index (χ4v) is 2.21. The van der Waals surface area contributed by atoms with Gasteiger partial charge >= 0.3 is 0 Å². The minimum atomic E-state index is 0.0696. The van der Waals surface area contributed by atoms with E-state index in [1.807, 2.05) is 12.3 Å². The standard InChI is InChI=1S/C14H24N4OS/c1-4-11(2)18-13(19)5-7-16-14(15-3)17-9-12-6-8-20-10-12/h6,8,10-11H,4-5,7,9H2,1-3H3,(H,18,19)(H2,15,16,17). The highest BCUT2D eigenvalue weighted by atomic mass is 32.1. The van der Waals surface area contributed by atoms with E-state index in [9.17, 15) is 4.79 Å². The summed E-state index contributed by atoms with van der Waals surface area (Å²) >= 11 is 1.68. The van der Waals surface area contributed by atoms with Gasteiger partial charge in [0.05, 0.1) is 0 Å². The van der Waals surface area contributed by atoms with Crippen molar-refractivity contribution in [2.75, 3.05) is 13.6 Å². The fraction of sp³-hybridized carbons (Fsp3) is 0.571. The van der Waals surface area contributed by atoms with Crippen LogP contribution in [0.15, 0.2) is 21.8 Å². The van der Waals surface area contributed by atoms with Gasteiger partial charge in [-0.2, -0.15) is 11.3 Å². The van der Waals surface area contributed by atoms with Crippen molar-refractivity contribution >= 4 is 23.2 Å². The van der Waals surface area contributed by atoms with Gasteiger partial charge in [0.2, 0.25) is 5.91 Å². The molecule has 1 unspecified atom stereocenters. The highest BCUT2D eigenvalue weighted by Crippen LogP contribution is 2.04. The Kier molecular flexibility index (Phi) is 7.72. The third-order valence-electron chi connectivity index (χ3n) is 2.93. The summed E-state index contributed by atoms with van der Waals surface area (Å²) in [6.45, 7) is 5.37. The van der Waals surface area contributed by atoms with Crippen LogP contribution in [0.3, 0.4) is 0 Å². The van der Waals surface area contributed by atoms with Crippen LogP contribution in [-0.2, 0) is 11.3 Å². The number of hydrogen-bond acceptors (Lipinski definition) is 3. The van der Waals surface area contributed by atoms with E-state index in [4.69, 9.17) is 0 Å². The first-order valence-electron chi connectivity index (χ1n) is 6.90. The summed E-state index contributed by atoms with van der Waals surface area (Å²) in [6, 6.07) is 2.31. The number of aliphatic imine (C=N–C) groups is 1. The Balaban J connectivity index is 2.20. The Bertz CT molecular complexity index is 417. The number of nitrogens with zero attached hydrogens (tertiary/aromatic N) is 1. The van der Waals surface area contributed by atoms with E-state index in [2.05, 4.69) is 39.3 Å². The van der Waals surface area contributed by atoms with E-state index < -0.39 is 0 Å². The Labute approximate surface area is 124 Å². The quantitative estimate of drug-likeness (QED) is 0.530. The van der Waals surface area contributed by atoms with Crippen LogP contribution < -0.4 is 16.0 Å². The van der Waals surface area contributed by atoms with Gasteiger partial charge in [0.25, 0.3) is 0 Å². The van der Waals surface area contributed by atoms with Crippen LogP contribution in [0.1, 0.15) is 32.3 Å². The van der Waals surface area contributed by atoms with Gasteiger partial charge in [-0.25, -0.2) is 0 Å². The van der Waals surface area contributed by atoms with Gasteiger partial charge in [-0.1, -0.05) is 6.92 Å². The van der Waals surface area contributed by atoms with Gasteiger partial charge in [0.15, 0.2) is 5.96 Å². The smallest absolute Gasteiger partial charge is 0.221 e. The number of carbonyl (C=O) groups excluding carboxylic acids is 1. The molecule has 112 valence electrons. The molecular formula is C14H24N4OS. The molecule has 0 saturated heterocycles. The maximum Gasteiger partial charge on any atom is 0.221 e. The molecule has 0 aliphatic heterocycles. The predicted octanol–water partition coefficient (Wildman–Crippen LogP) is 1.72. The SMILES string of the molecule is CCC(C)NC(=O)CCNC(=NC)NCc1ccsc1. The molecule has 0 aromatic carbocycles. The van der Waals surface area contributed by atoms with Gasteiger partial charge in [-0.3, -0.25) is 9.79 Å². The number of amides is 1. The first kappa shape index (κ1) is 16.5. The van der Waals surface area contributed by atoms with E-state index in [0.29, 0.717) is 18.9 Å². The summed E-state index contributed by atoms with van der Waals surface area (Å²) in [4.78, 5) is 15.7. The number of guanidine groups is 1. The minimum absolute atomic E-state index is 0.0696. The van der Waals surface area contributed by atoms with Crippen molar-refractivity contribution in [2.45, 2.75) is 39.3 Å². The number of hydrogen-bond donors (Lipinski definition) is 3. The average Bonchev–Trinajstić information content (AvgIpc) is 2.95. The van der Waals surface area contributed by atoms with Crippen molar-refractivity contribution in [2.24, 2.45) is 4.99 Å². The Hall–Kier alpha value is -1.56.